The molecular weight excluding hydrogens is 250 g/mol. The van der Waals surface area contributed by atoms with E-state index in [1.807, 2.05) is 51.1 Å². The van der Waals surface area contributed by atoms with E-state index in [0.717, 1.165) is 22.4 Å². The lowest BCUT2D eigenvalue weighted by molar-refractivity contribution is 0.262. The van der Waals surface area contributed by atoms with E-state index in [-0.39, 0.29) is 6.03 Å². The molecular formula is C16H19N3O. The highest BCUT2D eigenvalue weighted by atomic mass is 16.2. The van der Waals surface area contributed by atoms with Crippen molar-refractivity contribution in [3.8, 4) is 0 Å². The van der Waals surface area contributed by atoms with Crippen LogP contribution in [0.15, 0.2) is 36.4 Å². The number of carbonyl (C=O) groups is 1. The maximum Gasteiger partial charge on any atom is 0.323 e. The van der Waals surface area contributed by atoms with Gasteiger partial charge in [-0.3, -0.25) is 0 Å². The van der Waals surface area contributed by atoms with Crippen molar-refractivity contribution in [2.75, 3.05) is 16.4 Å². The van der Waals surface area contributed by atoms with Crippen LogP contribution in [0.2, 0.25) is 0 Å². The highest BCUT2D eigenvalue weighted by molar-refractivity contribution is 6.02. The molecule has 0 saturated carbocycles. The lowest BCUT2D eigenvalue weighted by atomic mass is 10.1. The molecule has 0 aromatic heterocycles. The molecule has 0 fully saturated rings. The number of rotatable bonds is 2. The van der Waals surface area contributed by atoms with Crippen molar-refractivity contribution in [1.82, 2.24) is 0 Å². The molecule has 0 bridgehead atoms. The summed E-state index contributed by atoms with van der Waals surface area (Å²) in [6.07, 6.45) is 0. The molecule has 0 aliphatic heterocycles. The summed E-state index contributed by atoms with van der Waals surface area (Å²) >= 11 is 0. The fourth-order valence-electron chi connectivity index (χ4n) is 2.00. The number of hydrogen-bond acceptors (Lipinski definition) is 2. The summed E-state index contributed by atoms with van der Waals surface area (Å²) in [5.74, 6) is 0. The molecule has 0 heterocycles. The zero-order chi connectivity index (χ0) is 14.7. The first kappa shape index (κ1) is 13.9. The molecule has 0 spiro atoms. The fraction of sp³-hybridized carbons (Fsp3) is 0.188. The largest absolute Gasteiger partial charge is 0.397 e. The van der Waals surface area contributed by atoms with Crippen LogP contribution < -0.4 is 16.4 Å². The maximum atomic E-state index is 12.0. The van der Waals surface area contributed by atoms with Crippen LogP contribution in [0, 0.1) is 20.8 Å². The maximum absolute atomic E-state index is 12.0. The molecule has 104 valence electrons. The van der Waals surface area contributed by atoms with Gasteiger partial charge in [0, 0.05) is 5.69 Å². The predicted molar refractivity (Wildman–Crippen MR) is 84.1 cm³/mol. The van der Waals surface area contributed by atoms with E-state index in [4.69, 9.17) is 5.73 Å². The second-order valence-electron chi connectivity index (χ2n) is 4.92. The van der Waals surface area contributed by atoms with Crippen LogP contribution in [0.4, 0.5) is 21.9 Å². The van der Waals surface area contributed by atoms with E-state index in [1.165, 1.54) is 0 Å². The number of carbonyl (C=O) groups excluding carboxylic acids is 1. The molecule has 4 nitrogen and oxygen atoms in total. The first-order chi connectivity index (χ1) is 9.47. The van der Waals surface area contributed by atoms with Gasteiger partial charge in [0.15, 0.2) is 0 Å². The average molecular weight is 269 g/mol. The van der Waals surface area contributed by atoms with Gasteiger partial charge >= 0.3 is 6.03 Å². The van der Waals surface area contributed by atoms with Gasteiger partial charge in [-0.25, -0.2) is 4.79 Å². The summed E-state index contributed by atoms with van der Waals surface area (Å²) in [7, 11) is 0. The third-order valence-corrected chi connectivity index (χ3v) is 3.28. The van der Waals surface area contributed by atoms with Gasteiger partial charge < -0.3 is 16.4 Å². The lowest BCUT2D eigenvalue weighted by Crippen LogP contribution is -2.21. The summed E-state index contributed by atoms with van der Waals surface area (Å²) in [6, 6.07) is 11.1. The van der Waals surface area contributed by atoms with Crippen molar-refractivity contribution in [3.63, 3.8) is 0 Å². The third-order valence-electron chi connectivity index (χ3n) is 3.28. The Kier molecular flexibility index (Phi) is 3.94. The van der Waals surface area contributed by atoms with E-state index in [9.17, 15) is 4.79 Å². The van der Waals surface area contributed by atoms with E-state index in [2.05, 4.69) is 10.6 Å². The van der Waals surface area contributed by atoms with E-state index in [0.29, 0.717) is 11.4 Å². The Bertz CT molecular complexity index is 650. The molecule has 0 atom stereocenters. The van der Waals surface area contributed by atoms with Crippen molar-refractivity contribution in [3.05, 3.63) is 53.1 Å². The SMILES string of the molecule is Cc1cccc(NC(=O)Nc2c(N)ccc(C)c2C)c1. The minimum absolute atomic E-state index is 0.295. The summed E-state index contributed by atoms with van der Waals surface area (Å²) in [6.45, 7) is 5.90. The second kappa shape index (κ2) is 5.65. The smallest absolute Gasteiger partial charge is 0.323 e. The molecule has 2 aromatic carbocycles. The van der Waals surface area contributed by atoms with Gasteiger partial charge in [-0.05, 0) is 55.7 Å². The number of amides is 2. The van der Waals surface area contributed by atoms with E-state index < -0.39 is 0 Å². The molecule has 0 radical (unpaired) electrons. The number of nitrogens with one attached hydrogen (secondary N) is 2. The normalized spacial score (nSPS) is 10.2. The number of benzene rings is 2. The molecule has 0 aliphatic rings. The predicted octanol–water partition coefficient (Wildman–Crippen LogP) is 3.84. The van der Waals surface area contributed by atoms with Gasteiger partial charge in [0.05, 0.1) is 11.4 Å². The summed E-state index contributed by atoms with van der Waals surface area (Å²) in [4.78, 5) is 12.0. The number of nitrogens with two attached hydrogens (primary N) is 1. The van der Waals surface area contributed by atoms with Crippen molar-refractivity contribution in [1.29, 1.82) is 0 Å². The Morgan fingerprint density at radius 3 is 2.50 bits per heavy atom. The topological polar surface area (TPSA) is 67.2 Å². The molecule has 20 heavy (non-hydrogen) atoms. The Balaban J connectivity index is 2.15. The van der Waals surface area contributed by atoms with Crippen LogP contribution in [-0.2, 0) is 0 Å². The summed E-state index contributed by atoms with van der Waals surface area (Å²) in [5, 5.41) is 5.61. The van der Waals surface area contributed by atoms with E-state index >= 15 is 0 Å². The minimum Gasteiger partial charge on any atom is -0.397 e. The van der Waals surface area contributed by atoms with Crippen LogP contribution >= 0.6 is 0 Å². The Morgan fingerprint density at radius 1 is 1.05 bits per heavy atom. The van der Waals surface area contributed by atoms with Gasteiger partial charge in [-0.2, -0.15) is 0 Å². The van der Waals surface area contributed by atoms with Gasteiger partial charge in [-0.1, -0.05) is 18.2 Å². The standard InChI is InChI=1S/C16H19N3O/c1-10-5-4-6-13(9-10)18-16(20)19-15-12(3)11(2)7-8-14(15)17/h4-9H,17H2,1-3H3,(H2,18,19,20). The van der Waals surface area contributed by atoms with Gasteiger partial charge in [-0.15, -0.1) is 0 Å². The van der Waals surface area contributed by atoms with Crippen LogP contribution in [0.25, 0.3) is 0 Å². The number of aryl methyl sites for hydroxylation is 2. The Hall–Kier alpha value is -2.49. The lowest BCUT2D eigenvalue weighted by Gasteiger charge is -2.14. The monoisotopic (exact) mass is 269 g/mol. The number of nitrogen functional groups attached to an aromatic ring is 1. The zero-order valence-electron chi connectivity index (χ0n) is 11.9. The van der Waals surface area contributed by atoms with Crippen molar-refractivity contribution in [2.24, 2.45) is 0 Å². The Labute approximate surface area is 119 Å². The minimum atomic E-state index is -0.295. The van der Waals surface area contributed by atoms with Gasteiger partial charge in [0.25, 0.3) is 0 Å². The molecule has 4 heteroatoms. The van der Waals surface area contributed by atoms with Crippen LogP contribution in [0.3, 0.4) is 0 Å². The Morgan fingerprint density at radius 2 is 1.80 bits per heavy atom. The van der Waals surface area contributed by atoms with E-state index in [1.54, 1.807) is 6.07 Å². The van der Waals surface area contributed by atoms with Gasteiger partial charge in [0.2, 0.25) is 0 Å². The third kappa shape index (κ3) is 3.09. The van der Waals surface area contributed by atoms with Crippen LogP contribution in [0.5, 0.6) is 0 Å². The first-order valence-electron chi connectivity index (χ1n) is 6.47. The molecule has 2 aromatic rings. The summed E-state index contributed by atoms with van der Waals surface area (Å²) in [5.41, 5.74) is 11.1. The number of anilines is 3. The molecule has 2 amide bonds. The number of hydrogen-bond donors (Lipinski definition) is 3. The van der Waals surface area contributed by atoms with Crippen molar-refractivity contribution >= 4 is 23.1 Å². The zero-order valence-corrected chi connectivity index (χ0v) is 11.9. The van der Waals surface area contributed by atoms with Crippen molar-refractivity contribution < 1.29 is 4.79 Å². The molecule has 2 rings (SSSR count). The second-order valence-corrected chi connectivity index (χ2v) is 4.92. The molecule has 0 unspecified atom stereocenters. The van der Waals surface area contributed by atoms with Crippen LogP contribution in [0.1, 0.15) is 16.7 Å². The molecule has 0 saturated heterocycles. The molecule has 4 N–H and O–H groups in total. The van der Waals surface area contributed by atoms with Crippen molar-refractivity contribution in [2.45, 2.75) is 20.8 Å². The fourth-order valence-corrected chi connectivity index (χ4v) is 2.00. The molecule has 0 aliphatic carbocycles. The van der Waals surface area contributed by atoms with Gasteiger partial charge in [0.1, 0.15) is 0 Å². The first-order valence-corrected chi connectivity index (χ1v) is 6.47. The highest BCUT2D eigenvalue weighted by Gasteiger charge is 2.09. The average Bonchev–Trinajstić information content (AvgIpc) is 2.39. The summed E-state index contributed by atoms with van der Waals surface area (Å²) < 4.78 is 0. The number of urea groups is 1. The van der Waals surface area contributed by atoms with Crippen LogP contribution in [-0.4, -0.2) is 6.03 Å². The quantitative estimate of drug-likeness (QED) is 0.725. The highest BCUT2D eigenvalue weighted by Crippen LogP contribution is 2.26.